The average molecular weight is 365 g/mol. The van der Waals surface area contributed by atoms with E-state index in [-0.39, 0.29) is 0 Å². The molecule has 0 aromatic heterocycles. The molecule has 0 N–H and O–H groups in total. The summed E-state index contributed by atoms with van der Waals surface area (Å²) in [6.45, 7) is 10.4. The fourth-order valence-electron chi connectivity index (χ4n) is 3.80. The predicted molar refractivity (Wildman–Crippen MR) is 99.2 cm³/mol. The summed E-state index contributed by atoms with van der Waals surface area (Å²) < 4.78 is 18.9. The quantitative estimate of drug-likeness (QED) is 0.377. The molecule has 0 aromatic carbocycles. The molecule has 2 rings (SSSR count). The summed E-state index contributed by atoms with van der Waals surface area (Å²) in [5.41, 5.74) is 0. The van der Waals surface area contributed by atoms with Crippen LogP contribution in [0.5, 0.6) is 0 Å². The summed E-state index contributed by atoms with van der Waals surface area (Å²) in [6, 6.07) is 0. The SMILES string of the molecule is CCO[Si](OCC)(OCC)C(CC)SSC12CCC(CC1)C2. The van der Waals surface area contributed by atoms with Crippen LogP contribution in [0, 0.1) is 5.92 Å². The average Bonchev–Trinajstić information content (AvgIpc) is 3.09. The van der Waals surface area contributed by atoms with Gasteiger partial charge in [0, 0.05) is 24.6 Å². The van der Waals surface area contributed by atoms with Crippen LogP contribution < -0.4 is 0 Å². The minimum absolute atomic E-state index is 0.339. The first-order chi connectivity index (χ1) is 10.6. The fourth-order valence-corrected chi connectivity index (χ4v) is 12.1. The van der Waals surface area contributed by atoms with Crippen molar-refractivity contribution in [3.63, 3.8) is 0 Å². The van der Waals surface area contributed by atoms with E-state index in [2.05, 4.69) is 17.7 Å². The molecule has 2 bridgehead atoms. The summed E-state index contributed by atoms with van der Waals surface area (Å²) >= 11 is 0. The molecule has 0 aromatic rings. The third-order valence-electron chi connectivity index (χ3n) is 4.82. The van der Waals surface area contributed by atoms with E-state index in [9.17, 15) is 0 Å². The van der Waals surface area contributed by atoms with E-state index in [1.54, 1.807) is 0 Å². The molecule has 2 saturated carbocycles. The minimum atomic E-state index is -2.59. The van der Waals surface area contributed by atoms with Gasteiger partial charge in [0.2, 0.25) is 0 Å². The normalized spacial score (nSPS) is 29.2. The van der Waals surface area contributed by atoms with E-state index in [4.69, 9.17) is 13.3 Å². The smallest absolute Gasteiger partial charge is 0.373 e. The van der Waals surface area contributed by atoms with Crippen molar-refractivity contribution >= 4 is 30.4 Å². The van der Waals surface area contributed by atoms with Crippen molar-refractivity contribution in [1.82, 2.24) is 0 Å². The lowest BCUT2D eigenvalue weighted by atomic mass is 10.0. The Kier molecular flexibility index (Phi) is 7.62. The number of rotatable bonds is 11. The van der Waals surface area contributed by atoms with E-state index in [1.165, 1.54) is 32.1 Å². The third-order valence-corrected chi connectivity index (χ3v) is 13.5. The highest BCUT2D eigenvalue weighted by Gasteiger charge is 2.52. The van der Waals surface area contributed by atoms with E-state index in [0.29, 0.717) is 29.4 Å². The second-order valence-corrected chi connectivity index (χ2v) is 12.4. The first kappa shape index (κ1) is 19.1. The lowest BCUT2D eigenvalue weighted by Gasteiger charge is -2.36. The Morgan fingerprint density at radius 2 is 1.55 bits per heavy atom. The molecule has 3 nitrogen and oxygen atoms in total. The maximum absolute atomic E-state index is 6.12. The van der Waals surface area contributed by atoms with Crippen LogP contribution in [0.2, 0.25) is 0 Å². The molecule has 0 saturated heterocycles. The van der Waals surface area contributed by atoms with E-state index in [1.807, 2.05) is 31.6 Å². The van der Waals surface area contributed by atoms with Gasteiger partial charge in [0.1, 0.15) is 0 Å². The zero-order valence-corrected chi connectivity index (χ0v) is 17.2. The Morgan fingerprint density at radius 3 is 1.91 bits per heavy atom. The molecular formula is C16H32O3S2Si. The zero-order chi connectivity index (χ0) is 16.1. The molecule has 0 amide bonds. The van der Waals surface area contributed by atoms with Crippen molar-refractivity contribution in [1.29, 1.82) is 0 Å². The van der Waals surface area contributed by atoms with Gasteiger partial charge in [-0.2, -0.15) is 0 Å². The highest BCUT2D eigenvalue weighted by Crippen LogP contribution is 2.59. The lowest BCUT2D eigenvalue weighted by Crippen LogP contribution is -2.55. The van der Waals surface area contributed by atoms with Crippen LogP contribution in [0.3, 0.4) is 0 Å². The highest BCUT2D eigenvalue weighted by atomic mass is 33.1. The largest absolute Gasteiger partial charge is 0.515 e. The van der Waals surface area contributed by atoms with Crippen LogP contribution in [-0.2, 0) is 13.3 Å². The molecule has 2 aliphatic rings. The molecule has 6 heteroatoms. The maximum Gasteiger partial charge on any atom is 0.515 e. The van der Waals surface area contributed by atoms with Crippen molar-refractivity contribution in [2.75, 3.05) is 19.8 Å². The van der Waals surface area contributed by atoms with Crippen molar-refractivity contribution in [2.45, 2.75) is 75.8 Å². The van der Waals surface area contributed by atoms with Crippen LogP contribution in [0.25, 0.3) is 0 Å². The van der Waals surface area contributed by atoms with Crippen molar-refractivity contribution in [2.24, 2.45) is 5.92 Å². The Balaban J connectivity index is 2.02. The van der Waals surface area contributed by atoms with E-state index < -0.39 is 8.80 Å². The van der Waals surface area contributed by atoms with Crippen molar-refractivity contribution in [3.8, 4) is 0 Å². The second-order valence-electron chi connectivity index (χ2n) is 6.31. The van der Waals surface area contributed by atoms with Gasteiger partial charge in [0.25, 0.3) is 0 Å². The zero-order valence-electron chi connectivity index (χ0n) is 14.6. The third kappa shape index (κ3) is 4.25. The lowest BCUT2D eigenvalue weighted by molar-refractivity contribution is 0.0693. The molecular weight excluding hydrogens is 332 g/mol. The number of fused-ring (bicyclic) bond motifs is 2. The van der Waals surface area contributed by atoms with Crippen LogP contribution >= 0.6 is 21.6 Å². The fraction of sp³-hybridized carbons (Fsp3) is 1.00. The van der Waals surface area contributed by atoms with Gasteiger partial charge >= 0.3 is 8.80 Å². The van der Waals surface area contributed by atoms with E-state index >= 15 is 0 Å². The second kappa shape index (κ2) is 8.76. The highest BCUT2D eigenvalue weighted by molar-refractivity contribution is 8.77. The van der Waals surface area contributed by atoms with Gasteiger partial charge in [0.15, 0.2) is 0 Å². The summed E-state index contributed by atoms with van der Waals surface area (Å²) in [5.74, 6) is 1.00. The van der Waals surface area contributed by atoms with Crippen LogP contribution in [0.15, 0.2) is 0 Å². The molecule has 1 unspecified atom stereocenters. The van der Waals surface area contributed by atoms with E-state index in [0.717, 1.165) is 12.3 Å². The molecule has 0 aliphatic heterocycles. The van der Waals surface area contributed by atoms with Gasteiger partial charge in [-0.25, -0.2) is 0 Å². The van der Waals surface area contributed by atoms with Gasteiger partial charge in [-0.3, -0.25) is 0 Å². The molecule has 0 heterocycles. The summed E-state index contributed by atoms with van der Waals surface area (Å²) in [5, 5.41) is 0. The summed E-state index contributed by atoms with van der Waals surface area (Å²) in [6.07, 6.45) is 8.15. The van der Waals surface area contributed by atoms with Crippen molar-refractivity contribution < 1.29 is 13.3 Å². The molecule has 2 aliphatic carbocycles. The first-order valence-corrected chi connectivity index (χ1v) is 12.9. The predicted octanol–water partition coefficient (Wildman–Crippen LogP) is 5.07. The number of hydrogen-bond acceptors (Lipinski definition) is 5. The summed E-state index contributed by atoms with van der Waals surface area (Å²) in [7, 11) is 1.53. The van der Waals surface area contributed by atoms with Gasteiger partial charge in [-0.1, -0.05) is 28.5 Å². The van der Waals surface area contributed by atoms with Crippen LogP contribution in [-0.4, -0.2) is 38.2 Å². The molecule has 0 radical (unpaired) electrons. The Morgan fingerprint density at radius 1 is 1.00 bits per heavy atom. The number of hydrogen-bond donors (Lipinski definition) is 0. The minimum Gasteiger partial charge on any atom is -0.373 e. The Hall–Kier alpha value is 0.797. The molecule has 1 atom stereocenters. The van der Waals surface area contributed by atoms with Crippen molar-refractivity contribution in [3.05, 3.63) is 0 Å². The molecule has 130 valence electrons. The van der Waals surface area contributed by atoms with Gasteiger partial charge in [-0.05, 0) is 65.2 Å². The van der Waals surface area contributed by atoms with Gasteiger partial charge in [-0.15, -0.1) is 0 Å². The first-order valence-electron chi connectivity index (χ1n) is 8.90. The van der Waals surface area contributed by atoms with Crippen LogP contribution in [0.1, 0.15) is 66.2 Å². The molecule has 0 spiro atoms. The monoisotopic (exact) mass is 364 g/mol. The Labute approximate surface area is 145 Å². The maximum atomic E-state index is 6.12. The van der Waals surface area contributed by atoms with Crippen LogP contribution in [0.4, 0.5) is 0 Å². The topological polar surface area (TPSA) is 27.7 Å². The standard InChI is InChI=1S/C16H32O3S2Si/c1-5-15(22(17-6-2,18-7-3)19-8-4)20-21-16-11-9-14(13-16)10-12-16/h14-15H,5-13H2,1-4H3. The van der Waals surface area contributed by atoms with Gasteiger partial charge < -0.3 is 13.3 Å². The van der Waals surface area contributed by atoms with Gasteiger partial charge in [0.05, 0.1) is 4.87 Å². The summed E-state index contributed by atoms with van der Waals surface area (Å²) in [4.78, 5) is 0.339. The molecule has 22 heavy (non-hydrogen) atoms. The Bertz CT molecular complexity index is 318. The molecule has 2 fully saturated rings.